The highest BCUT2D eigenvalue weighted by Gasteiger charge is 2.32. The molecule has 0 aromatic carbocycles. The average Bonchev–Trinajstić information content (AvgIpc) is 2.27. The summed E-state index contributed by atoms with van der Waals surface area (Å²) >= 11 is 0. The van der Waals surface area contributed by atoms with Gasteiger partial charge in [-0.3, -0.25) is 0 Å². The SMILES string of the molecule is OC(CC(F)(F)F)C1=CCCCCC1. The van der Waals surface area contributed by atoms with E-state index < -0.39 is 18.7 Å². The summed E-state index contributed by atoms with van der Waals surface area (Å²) in [6.07, 6.45) is -0.592. The topological polar surface area (TPSA) is 20.2 Å². The number of hydrogen-bond acceptors (Lipinski definition) is 1. The van der Waals surface area contributed by atoms with Crippen LogP contribution in [0.3, 0.4) is 0 Å². The Bertz CT molecular complexity index is 208. The predicted octanol–water partition coefficient (Wildman–Crippen LogP) is 3.19. The Balaban J connectivity index is 2.50. The lowest BCUT2D eigenvalue weighted by atomic mass is 10.0. The van der Waals surface area contributed by atoms with E-state index in [1.54, 1.807) is 6.08 Å². The van der Waals surface area contributed by atoms with Gasteiger partial charge in [0.15, 0.2) is 0 Å². The second-order valence-corrected chi connectivity index (χ2v) is 3.71. The molecule has 0 aliphatic heterocycles. The summed E-state index contributed by atoms with van der Waals surface area (Å²) in [7, 11) is 0. The van der Waals surface area contributed by atoms with E-state index in [2.05, 4.69) is 0 Å². The molecule has 1 atom stereocenters. The molecule has 0 spiro atoms. The number of aliphatic hydroxyl groups is 1. The van der Waals surface area contributed by atoms with Gasteiger partial charge in [0.2, 0.25) is 0 Å². The van der Waals surface area contributed by atoms with Gasteiger partial charge in [0.05, 0.1) is 12.5 Å². The van der Waals surface area contributed by atoms with Crippen molar-refractivity contribution < 1.29 is 18.3 Å². The Morgan fingerprint density at radius 3 is 2.64 bits per heavy atom. The first-order valence-corrected chi connectivity index (χ1v) is 4.93. The average molecular weight is 208 g/mol. The first-order chi connectivity index (χ1) is 6.49. The minimum absolute atomic E-state index is 0.569. The summed E-state index contributed by atoms with van der Waals surface area (Å²) in [5.74, 6) is 0. The minimum atomic E-state index is -4.27. The number of halogens is 3. The molecule has 0 saturated carbocycles. The Morgan fingerprint density at radius 2 is 2.00 bits per heavy atom. The highest BCUT2D eigenvalue weighted by atomic mass is 19.4. The van der Waals surface area contributed by atoms with E-state index in [9.17, 15) is 18.3 Å². The molecule has 0 aromatic rings. The maximum Gasteiger partial charge on any atom is 0.391 e. The van der Waals surface area contributed by atoms with Crippen LogP contribution in [0.1, 0.15) is 38.5 Å². The number of allylic oxidation sites excluding steroid dienone is 1. The van der Waals surface area contributed by atoms with E-state index in [1.807, 2.05) is 0 Å². The summed E-state index contributed by atoms with van der Waals surface area (Å²) in [5, 5.41) is 9.35. The molecular weight excluding hydrogens is 193 g/mol. The molecule has 1 aliphatic rings. The quantitative estimate of drug-likeness (QED) is 0.691. The van der Waals surface area contributed by atoms with Crippen LogP contribution in [-0.2, 0) is 0 Å². The van der Waals surface area contributed by atoms with Crippen molar-refractivity contribution in [3.8, 4) is 0 Å². The zero-order chi connectivity index (χ0) is 10.6. The lowest BCUT2D eigenvalue weighted by Crippen LogP contribution is -2.21. The van der Waals surface area contributed by atoms with Crippen LogP contribution in [-0.4, -0.2) is 17.4 Å². The molecule has 0 heterocycles. The Labute approximate surface area is 81.6 Å². The molecule has 0 saturated heterocycles. The molecule has 0 amide bonds. The van der Waals surface area contributed by atoms with Gasteiger partial charge in [-0.2, -0.15) is 13.2 Å². The van der Waals surface area contributed by atoms with Gasteiger partial charge in [0.25, 0.3) is 0 Å². The molecule has 1 N–H and O–H groups in total. The van der Waals surface area contributed by atoms with Crippen LogP contribution in [0.25, 0.3) is 0 Å². The molecule has 4 heteroatoms. The van der Waals surface area contributed by atoms with Crippen LogP contribution in [0.5, 0.6) is 0 Å². The maximum atomic E-state index is 12.0. The summed E-state index contributed by atoms with van der Waals surface area (Å²) in [4.78, 5) is 0. The largest absolute Gasteiger partial charge is 0.391 e. The lowest BCUT2D eigenvalue weighted by Gasteiger charge is -2.15. The number of alkyl halides is 3. The minimum Gasteiger partial charge on any atom is -0.388 e. The van der Waals surface area contributed by atoms with Crippen LogP contribution in [0.15, 0.2) is 11.6 Å². The molecular formula is C10H15F3O. The van der Waals surface area contributed by atoms with Gasteiger partial charge in [-0.25, -0.2) is 0 Å². The van der Waals surface area contributed by atoms with Gasteiger partial charge < -0.3 is 5.11 Å². The first-order valence-electron chi connectivity index (χ1n) is 4.93. The first kappa shape index (κ1) is 11.6. The molecule has 82 valence electrons. The smallest absolute Gasteiger partial charge is 0.388 e. The number of aliphatic hydroxyl groups excluding tert-OH is 1. The van der Waals surface area contributed by atoms with Crippen molar-refractivity contribution in [3.63, 3.8) is 0 Å². The van der Waals surface area contributed by atoms with E-state index in [-0.39, 0.29) is 0 Å². The van der Waals surface area contributed by atoms with Gasteiger partial charge in [0, 0.05) is 0 Å². The second kappa shape index (κ2) is 4.82. The molecule has 0 aromatic heterocycles. The summed E-state index contributed by atoms with van der Waals surface area (Å²) in [6, 6.07) is 0. The van der Waals surface area contributed by atoms with E-state index in [4.69, 9.17) is 0 Å². The summed E-state index contributed by atoms with van der Waals surface area (Å²) < 4.78 is 35.9. The zero-order valence-corrected chi connectivity index (χ0v) is 7.98. The Morgan fingerprint density at radius 1 is 1.29 bits per heavy atom. The fourth-order valence-corrected chi connectivity index (χ4v) is 1.69. The van der Waals surface area contributed by atoms with Crippen LogP contribution in [0, 0.1) is 0 Å². The van der Waals surface area contributed by atoms with Crippen molar-refractivity contribution in [1.29, 1.82) is 0 Å². The van der Waals surface area contributed by atoms with Crippen LogP contribution in [0.4, 0.5) is 13.2 Å². The van der Waals surface area contributed by atoms with Crippen LogP contribution < -0.4 is 0 Å². The predicted molar refractivity (Wildman–Crippen MR) is 47.8 cm³/mol. The molecule has 0 radical (unpaired) electrons. The van der Waals surface area contributed by atoms with E-state index in [0.29, 0.717) is 12.0 Å². The molecule has 1 aliphatic carbocycles. The monoisotopic (exact) mass is 208 g/mol. The maximum absolute atomic E-state index is 12.0. The standard InChI is InChI=1S/C10H15F3O/c11-10(12,13)7-9(14)8-5-3-1-2-4-6-8/h5,9,14H,1-4,6-7H2. The van der Waals surface area contributed by atoms with E-state index >= 15 is 0 Å². The number of rotatable bonds is 2. The molecule has 1 unspecified atom stereocenters. The fraction of sp³-hybridized carbons (Fsp3) is 0.800. The van der Waals surface area contributed by atoms with Crippen molar-refractivity contribution in [2.24, 2.45) is 0 Å². The van der Waals surface area contributed by atoms with Gasteiger partial charge >= 0.3 is 6.18 Å². The van der Waals surface area contributed by atoms with Crippen molar-refractivity contribution in [2.75, 3.05) is 0 Å². The van der Waals surface area contributed by atoms with E-state index in [1.165, 1.54) is 0 Å². The molecule has 1 rings (SSSR count). The van der Waals surface area contributed by atoms with Crippen LogP contribution in [0.2, 0.25) is 0 Å². The highest BCUT2D eigenvalue weighted by Crippen LogP contribution is 2.28. The Hall–Kier alpha value is -0.510. The van der Waals surface area contributed by atoms with E-state index in [0.717, 1.165) is 25.7 Å². The molecule has 1 nitrogen and oxygen atoms in total. The van der Waals surface area contributed by atoms with Crippen LogP contribution >= 0.6 is 0 Å². The third-order valence-electron chi connectivity index (χ3n) is 2.43. The molecule has 0 bridgehead atoms. The second-order valence-electron chi connectivity index (χ2n) is 3.71. The normalized spacial score (nSPS) is 21.3. The third kappa shape index (κ3) is 4.13. The highest BCUT2D eigenvalue weighted by molar-refractivity contribution is 5.09. The third-order valence-corrected chi connectivity index (χ3v) is 2.43. The van der Waals surface area contributed by atoms with Gasteiger partial charge in [0.1, 0.15) is 0 Å². The van der Waals surface area contributed by atoms with Gasteiger partial charge in [-0.1, -0.05) is 12.5 Å². The van der Waals surface area contributed by atoms with Gasteiger partial charge in [-0.15, -0.1) is 0 Å². The molecule has 0 fully saturated rings. The summed E-state index contributed by atoms with van der Waals surface area (Å²) in [5.41, 5.74) is 0.569. The van der Waals surface area contributed by atoms with Crippen molar-refractivity contribution in [3.05, 3.63) is 11.6 Å². The summed E-state index contributed by atoms with van der Waals surface area (Å²) in [6.45, 7) is 0. The molecule has 14 heavy (non-hydrogen) atoms. The van der Waals surface area contributed by atoms with Crippen molar-refractivity contribution in [2.45, 2.75) is 50.8 Å². The fourth-order valence-electron chi connectivity index (χ4n) is 1.69. The lowest BCUT2D eigenvalue weighted by molar-refractivity contribution is -0.149. The Kier molecular flexibility index (Phi) is 3.98. The van der Waals surface area contributed by atoms with Crippen molar-refractivity contribution >= 4 is 0 Å². The number of hydrogen-bond donors (Lipinski definition) is 1. The zero-order valence-electron chi connectivity index (χ0n) is 7.98. The van der Waals surface area contributed by atoms with Crippen molar-refractivity contribution in [1.82, 2.24) is 0 Å². The van der Waals surface area contributed by atoms with Gasteiger partial charge in [-0.05, 0) is 31.3 Å².